The Bertz CT molecular complexity index is 1060. The van der Waals surface area contributed by atoms with Crippen LogP contribution in [0.15, 0.2) is 47.4 Å². The van der Waals surface area contributed by atoms with Gasteiger partial charge in [-0.3, -0.25) is 0 Å². The molecule has 1 fully saturated rings. The minimum atomic E-state index is -4.63. The first-order valence-electron chi connectivity index (χ1n) is 8.95. The standard InChI is InChI=1S/C20H19F3N2O4S/c1-13-25(15-4-3-14(10-24)19(9-15)20(21,22)23)11-17(29-13)12-28-16-5-7-18(8-6-16)30(2,26)27/h3-9,13,17H,11-12H2,1-2H3/t13-,17+/m1/s1. The van der Waals surface area contributed by atoms with E-state index in [-0.39, 0.29) is 11.5 Å². The van der Waals surface area contributed by atoms with Crippen LogP contribution in [0.4, 0.5) is 18.9 Å². The second kappa shape index (κ2) is 8.16. The van der Waals surface area contributed by atoms with Gasteiger partial charge in [0.05, 0.1) is 28.6 Å². The van der Waals surface area contributed by atoms with Crippen LogP contribution in [0.1, 0.15) is 18.1 Å². The molecule has 10 heteroatoms. The van der Waals surface area contributed by atoms with Gasteiger partial charge in [-0.05, 0) is 49.4 Å². The fourth-order valence-corrected chi connectivity index (χ4v) is 3.82. The minimum Gasteiger partial charge on any atom is -0.491 e. The van der Waals surface area contributed by atoms with E-state index in [1.54, 1.807) is 17.9 Å². The third kappa shape index (κ3) is 4.86. The van der Waals surface area contributed by atoms with Crippen molar-refractivity contribution in [2.75, 3.05) is 24.3 Å². The fourth-order valence-electron chi connectivity index (χ4n) is 3.19. The van der Waals surface area contributed by atoms with Gasteiger partial charge in [0.2, 0.25) is 0 Å². The first-order valence-corrected chi connectivity index (χ1v) is 10.8. The number of ether oxygens (including phenoxy) is 2. The van der Waals surface area contributed by atoms with Gasteiger partial charge in [-0.25, -0.2) is 8.42 Å². The molecule has 6 nitrogen and oxygen atoms in total. The number of halogens is 3. The van der Waals surface area contributed by atoms with Gasteiger partial charge in [-0.2, -0.15) is 18.4 Å². The van der Waals surface area contributed by atoms with Crippen molar-refractivity contribution >= 4 is 15.5 Å². The zero-order valence-corrected chi connectivity index (χ0v) is 17.0. The van der Waals surface area contributed by atoms with Crippen LogP contribution in [0, 0.1) is 11.3 Å². The van der Waals surface area contributed by atoms with E-state index in [2.05, 4.69) is 0 Å². The summed E-state index contributed by atoms with van der Waals surface area (Å²) in [6, 6.07) is 11.1. The first kappa shape index (κ1) is 21.9. The zero-order chi connectivity index (χ0) is 22.1. The first-order chi connectivity index (χ1) is 14.0. The van der Waals surface area contributed by atoms with Gasteiger partial charge in [0.25, 0.3) is 0 Å². The number of nitriles is 1. The molecule has 1 saturated heterocycles. The molecule has 0 spiro atoms. The summed E-state index contributed by atoms with van der Waals surface area (Å²) in [5.41, 5.74) is -1.12. The Morgan fingerprint density at radius 2 is 1.90 bits per heavy atom. The number of rotatable bonds is 5. The number of alkyl halides is 3. The Morgan fingerprint density at radius 1 is 1.23 bits per heavy atom. The second-order valence-corrected chi connectivity index (χ2v) is 8.92. The molecule has 0 aliphatic carbocycles. The van der Waals surface area contributed by atoms with Gasteiger partial charge in [-0.1, -0.05) is 0 Å². The molecule has 0 amide bonds. The van der Waals surface area contributed by atoms with Crippen molar-refractivity contribution in [1.82, 2.24) is 0 Å². The van der Waals surface area contributed by atoms with Gasteiger partial charge >= 0.3 is 6.18 Å². The van der Waals surface area contributed by atoms with E-state index in [9.17, 15) is 21.6 Å². The van der Waals surface area contributed by atoms with Crippen molar-refractivity contribution in [2.45, 2.75) is 30.3 Å². The summed E-state index contributed by atoms with van der Waals surface area (Å²) < 4.78 is 74.1. The summed E-state index contributed by atoms with van der Waals surface area (Å²) in [6.07, 6.45) is -4.41. The number of benzene rings is 2. The predicted molar refractivity (Wildman–Crippen MR) is 103 cm³/mol. The van der Waals surface area contributed by atoms with Crippen molar-refractivity contribution in [3.63, 3.8) is 0 Å². The molecule has 0 bridgehead atoms. The maximum Gasteiger partial charge on any atom is 0.417 e. The van der Waals surface area contributed by atoms with Gasteiger partial charge in [0, 0.05) is 11.9 Å². The molecular weight excluding hydrogens is 421 g/mol. The van der Waals surface area contributed by atoms with Crippen LogP contribution in [-0.4, -0.2) is 40.2 Å². The Morgan fingerprint density at radius 3 is 2.47 bits per heavy atom. The molecule has 0 unspecified atom stereocenters. The van der Waals surface area contributed by atoms with E-state index in [0.717, 1.165) is 18.4 Å². The van der Waals surface area contributed by atoms with Crippen molar-refractivity contribution < 1.29 is 31.1 Å². The monoisotopic (exact) mass is 440 g/mol. The largest absolute Gasteiger partial charge is 0.491 e. The van der Waals surface area contributed by atoms with Crippen molar-refractivity contribution in [3.8, 4) is 11.8 Å². The number of hydrogen-bond donors (Lipinski definition) is 0. The zero-order valence-electron chi connectivity index (χ0n) is 16.2. The Hall–Kier alpha value is -2.77. The summed E-state index contributed by atoms with van der Waals surface area (Å²) in [5.74, 6) is 0.454. The molecule has 0 radical (unpaired) electrons. The van der Waals surface area contributed by atoms with Crippen LogP contribution in [0.3, 0.4) is 0 Å². The molecule has 2 aromatic carbocycles. The fraction of sp³-hybridized carbons (Fsp3) is 0.350. The molecule has 3 rings (SSSR count). The number of nitrogens with zero attached hydrogens (tertiary/aromatic N) is 2. The SMILES string of the molecule is C[C@H]1O[C@H](COc2ccc(S(C)(=O)=O)cc2)CN1c1ccc(C#N)c(C(F)(F)F)c1. The second-order valence-electron chi connectivity index (χ2n) is 6.90. The van der Waals surface area contributed by atoms with Crippen LogP contribution in [0.2, 0.25) is 0 Å². The highest BCUT2D eigenvalue weighted by Crippen LogP contribution is 2.36. The lowest BCUT2D eigenvalue weighted by Crippen LogP contribution is -2.28. The summed E-state index contributed by atoms with van der Waals surface area (Å²) >= 11 is 0. The summed E-state index contributed by atoms with van der Waals surface area (Å²) in [4.78, 5) is 1.84. The van der Waals surface area contributed by atoms with Crippen LogP contribution in [0.5, 0.6) is 5.75 Å². The third-order valence-electron chi connectivity index (χ3n) is 4.68. The van der Waals surface area contributed by atoms with Crippen LogP contribution < -0.4 is 9.64 Å². The lowest BCUT2D eigenvalue weighted by Gasteiger charge is -2.23. The van der Waals surface area contributed by atoms with E-state index in [4.69, 9.17) is 14.7 Å². The Kier molecular flexibility index (Phi) is 5.97. The minimum absolute atomic E-state index is 0.140. The average Bonchev–Trinajstić information content (AvgIpc) is 3.05. The predicted octanol–water partition coefficient (Wildman–Crippen LogP) is 3.61. The third-order valence-corrected chi connectivity index (χ3v) is 5.81. The highest BCUT2D eigenvalue weighted by molar-refractivity contribution is 7.90. The lowest BCUT2D eigenvalue weighted by atomic mass is 10.1. The van der Waals surface area contributed by atoms with Gasteiger partial charge in [0.1, 0.15) is 24.7 Å². The van der Waals surface area contributed by atoms with E-state index in [0.29, 0.717) is 18.0 Å². The normalized spacial score (nSPS) is 19.5. The summed E-state index contributed by atoms with van der Waals surface area (Å²) in [5, 5.41) is 8.93. The van der Waals surface area contributed by atoms with Gasteiger partial charge in [0.15, 0.2) is 9.84 Å². The molecule has 2 atom stereocenters. The Labute approximate surface area is 172 Å². The molecule has 2 aromatic rings. The smallest absolute Gasteiger partial charge is 0.417 e. The van der Waals surface area contributed by atoms with Crippen LogP contribution >= 0.6 is 0 Å². The van der Waals surface area contributed by atoms with Gasteiger partial charge < -0.3 is 14.4 Å². The van der Waals surface area contributed by atoms with Crippen LogP contribution in [-0.2, 0) is 20.8 Å². The molecule has 0 aromatic heterocycles. The molecule has 1 heterocycles. The quantitative estimate of drug-likeness (QED) is 0.707. The highest BCUT2D eigenvalue weighted by Gasteiger charge is 2.36. The molecule has 1 aliphatic rings. The summed E-state index contributed by atoms with van der Waals surface area (Å²) in [6.45, 7) is 2.15. The lowest BCUT2D eigenvalue weighted by molar-refractivity contribution is -0.137. The molecule has 0 saturated carbocycles. The van der Waals surface area contributed by atoms with E-state index >= 15 is 0 Å². The van der Waals surface area contributed by atoms with Crippen molar-refractivity contribution in [3.05, 3.63) is 53.6 Å². The van der Waals surface area contributed by atoms with Crippen molar-refractivity contribution in [1.29, 1.82) is 5.26 Å². The highest BCUT2D eigenvalue weighted by atomic mass is 32.2. The molecule has 1 aliphatic heterocycles. The molecule has 0 N–H and O–H groups in total. The summed E-state index contributed by atoms with van der Waals surface area (Å²) in [7, 11) is -3.30. The topological polar surface area (TPSA) is 79.6 Å². The molecule has 160 valence electrons. The van der Waals surface area contributed by atoms with E-state index in [1.165, 1.54) is 30.3 Å². The number of hydrogen-bond acceptors (Lipinski definition) is 6. The maximum atomic E-state index is 13.2. The van der Waals surface area contributed by atoms with E-state index in [1.807, 2.05) is 0 Å². The van der Waals surface area contributed by atoms with E-state index < -0.39 is 39.5 Å². The van der Waals surface area contributed by atoms with Crippen LogP contribution in [0.25, 0.3) is 0 Å². The number of sulfone groups is 1. The van der Waals surface area contributed by atoms with Gasteiger partial charge in [-0.15, -0.1) is 0 Å². The molecular formula is C20H19F3N2O4S. The maximum absolute atomic E-state index is 13.2. The average molecular weight is 440 g/mol. The van der Waals surface area contributed by atoms with Crippen molar-refractivity contribution in [2.24, 2.45) is 0 Å². The Balaban J connectivity index is 1.68. The number of anilines is 1. The molecule has 30 heavy (non-hydrogen) atoms.